The van der Waals surface area contributed by atoms with Crippen molar-refractivity contribution in [1.29, 1.82) is 0 Å². The summed E-state index contributed by atoms with van der Waals surface area (Å²) in [7, 11) is 0. The Balaban J connectivity index is 2.93. The summed E-state index contributed by atoms with van der Waals surface area (Å²) in [5, 5.41) is 0.281. The van der Waals surface area contributed by atoms with Crippen LogP contribution < -0.4 is 0 Å². The predicted octanol–water partition coefficient (Wildman–Crippen LogP) is 3.77. The number of hydrogen-bond acceptors (Lipinski definition) is 2. The van der Waals surface area contributed by atoms with Gasteiger partial charge in [-0.05, 0) is 25.5 Å². The van der Waals surface area contributed by atoms with Gasteiger partial charge in [0.25, 0.3) is 0 Å². The molecule has 0 saturated heterocycles. The van der Waals surface area contributed by atoms with Crippen LogP contribution in [0.4, 0.5) is 18.9 Å². The third kappa shape index (κ3) is 1.91. The first kappa shape index (κ1) is 12.4. The second kappa shape index (κ2) is 3.99. The third-order valence-corrected chi connectivity index (χ3v) is 2.66. The van der Waals surface area contributed by atoms with Gasteiger partial charge in [0.1, 0.15) is 11.4 Å². The monoisotopic (exact) mass is 254 g/mol. The van der Waals surface area contributed by atoms with Gasteiger partial charge in [0, 0.05) is 5.39 Å². The standard InChI is InChI=1S/C12H9F3N2O/c1-6-3-7(2)9-8(4-6)10(16-5-18)11(17-9)12(13,14)15/h3-4,17H,1-2H3. The Morgan fingerprint density at radius 1 is 1.28 bits per heavy atom. The van der Waals surface area contributed by atoms with E-state index in [1.54, 1.807) is 26.0 Å². The summed E-state index contributed by atoms with van der Waals surface area (Å²) in [4.78, 5) is 15.8. The summed E-state index contributed by atoms with van der Waals surface area (Å²) in [5.74, 6) is 0. The van der Waals surface area contributed by atoms with Crippen molar-refractivity contribution in [2.24, 2.45) is 4.99 Å². The molecule has 0 unspecified atom stereocenters. The molecular weight excluding hydrogens is 245 g/mol. The van der Waals surface area contributed by atoms with Crippen LogP contribution in [0.25, 0.3) is 10.9 Å². The highest BCUT2D eigenvalue weighted by atomic mass is 19.4. The van der Waals surface area contributed by atoms with Crippen molar-refractivity contribution in [1.82, 2.24) is 4.98 Å². The van der Waals surface area contributed by atoms with E-state index in [0.29, 0.717) is 11.1 Å². The number of benzene rings is 1. The molecule has 18 heavy (non-hydrogen) atoms. The highest BCUT2D eigenvalue weighted by Gasteiger charge is 2.37. The van der Waals surface area contributed by atoms with Gasteiger partial charge in [-0.1, -0.05) is 11.6 Å². The van der Waals surface area contributed by atoms with E-state index in [1.807, 2.05) is 0 Å². The summed E-state index contributed by atoms with van der Waals surface area (Å²) in [6, 6.07) is 3.32. The maximum absolute atomic E-state index is 12.8. The van der Waals surface area contributed by atoms with Gasteiger partial charge in [-0.25, -0.2) is 4.79 Å². The highest BCUT2D eigenvalue weighted by molar-refractivity contribution is 5.96. The lowest BCUT2D eigenvalue weighted by atomic mass is 10.1. The molecule has 0 aliphatic rings. The largest absolute Gasteiger partial charge is 0.433 e. The third-order valence-electron chi connectivity index (χ3n) is 2.66. The number of alkyl halides is 3. The Bertz CT molecular complexity index is 664. The maximum atomic E-state index is 12.8. The normalized spacial score (nSPS) is 11.6. The Kier molecular flexibility index (Phi) is 2.75. The van der Waals surface area contributed by atoms with Crippen molar-refractivity contribution in [2.45, 2.75) is 20.0 Å². The number of rotatable bonds is 1. The molecule has 1 aromatic heterocycles. The minimum atomic E-state index is -4.59. The number of aromatic amines is 1. The van der Waals surface area contributed by atoms with E-state index >= 15 is 0 Å². The molecule has 0 spiro atoms. The fraction of sp³-hybridized carbons (Fsp3) is 0.250. The first-order chi connectivity index (χ1) is 8.34. The lowest BCUT2D eigenvalue weighted by molar-refractivity contribution is -0.140. The lowest BCUT2D eigenvalue weighted by Gasteiger charge is -2.03. The van der Waals surface area contributed by atoms with E-state index in [2.05, 4.69) is 9.98 Å². The number of isocyanates is 1. The number of aryl methyl sites for hydroxylation is 2. The number of nitrogens with zero attached hydrogens (tertiary/aromatic N) is 1. The molecule has 0 aliphatic heterocycles. The predicted molar refractivity (Wildman–Crippen MR) is 60.6 cm³/mol. The molecule has 0 bridgehead atoms. The SMILES string of the molecule is Cc1cc(C)c2[nH]c(C(F)(F)F)c(N=C=O)c2c1. The van der Waals surface area contributed by atoms with Crippen LogP contribution in [0, 0.1) is 13.8 Å². The van der Waals surface area contributed by atoms with Crippen LogP contribution in [0.3, 0.4) is 0 Å². The number of fused-ring (bicyclic) bond motifs is 1. The molecule has 3 nitrogen and oxygen atoms in total. The molecule has 0 fully saturated rings. The first-order valence-corrected chi connectivity index (χ1v) is 5.12. The van der Waals surface area contributed by atoms with Crippen molar-refractivity contribution >= 4 is 22.7 Å². The van der Waals surface area contributed by atoms with Gasteiger partial charge in [-0.2, -0.15) is 18.2 Å². The van der Waals surface area contributed by atoms with Crippen LogP contribution in [0.5, 0.6) is 0 Å². The molecule has 94 valence electrons. The van der Waals surface area contributed by atoms with Gasteiger partial charge in [0.05, 0.1) is 5.52 Å². The summed E-state index contributed by atoms with van der Waals surface area (Å²) < 4.78 is 38.5. The van der Waals surface area contributed by atoms with Crippen LogP contribution in [-0.4, -0.2) is 11.1 Å². The quantitative estimate of drug-likeness (QED) is 0.611. The average Bonchev–Trinajstić information content (AvgIpc) is 2.58. The number of hydrogen-bond donors (Lipinski definition) is 1. The minimum Gasteiger partial charge on any atom is -0.349 e. The molecular formula is C12H9F3N2O. The second-order valence-corrected chi connectivity index (χ2v) is 4.05. The van der Waals surface area contributed by atoms with Crippen molar-refractivity contribution in [3.63, 3.8) is 0 Å². The number of nitrogens with one attached hydrogen (secondary N) is 1. The van der Waals surface area contributed by atoms with Gasteiger partial charge < -0.3 is 4.98 Å². The lowest BCUT2D eigenvalue weighted by Crippen LogP contribution is -2.05. The minimum absolute atomic E-state index is 0.281. The number of halogens is 3. The summed E-state index contributed by atoms with van der Waals surface area (Å²) >= 11 is 0. The van der Waals surface area contributed by atoms with E-state index in [0.717, 1.165) is 5.56 Å². The molecule has 1 N–H and O–H groups in total. The van der Waals surface area contributed by atoms with Crippen LogP contribution >= 0.6 is 0 Å². The topological polar surface area (TPSA) is 45.2 Å². The van der Waals surface area contributed by atoms with Crippen LogP contribution in [-0.2, 0) is 11.0 Å². The smallest absolute Gasteiger partial charge is 0.349 e. The van der Waals surface area contributed by atoms with Gasteiger partial charge in [-0.15, -0.1) is 0 Å². The van der Waals surface area contributed by atoms with Crippen LogP contribution in [0.2, 0.25) is 0 Å². The summed E-state index contributed by atoms with van der Waals surface area (Å²) in [6.07, 6.45) is -3.42. The van der Waals surface area contributed by atoms with Crippen molar-refractivity contribution in [2.75, 3.05) is 0 Å². The fourth-order valence-electron chi connectivity index (χ4n) is 2.01. The molecule has 1 heterocycles. The zero-order valence-corrected chi connectivity index (χ0v) is 9.64. The molecule has 0 atom stereocenters. The number of aliphatic imine (C=N–C) groups is 1. The van der Waals surface area contributed by atoms with E-state index in [-0.39, 0.29) is 5.39 Å². The first-order valence-electron chi connectivity index (χ1n) is 5.12. The fourth-order valence-corrected chi connectivity index (χ4v) is 2.01. The molecule has 2 aromatic rings. The summed E-state index contributed by atoms with van der Waals surface area (Å²) in [6.45, 7) is 3.46. The van der Waals surface area contributed by atoms with E-state index < -0.39 is 17.6 Å². The Morgan fingerprint density at radius 3 is 2.50 bits per heavy atom. The number of carbonyl (C=O) groups excluding carboxylic acids is 1. The van der Waals surface area contributed by atoms with Gasteiger partial charge in [-0.3, -0.25) is 0 Å². The Morgan fingerprint density at radius 2 is 1.94 bits per heavy atom. The molecule has 0 aliphatic carbocycles. The van der Waals surface area contributed by atoms with Gasteiger partial charge >= 0.3 is 6.18 Å². The molecule has 1 aromatic carbocycles. The molecule has 0 saturated carbocycles. The van der Waals surface area contributed by atoms with Gasteiger partial charge in [0.2, 0.25) is 6.08 Å². The molecule has 0 radical (unpaired) electrons. The Labute approximate surface area is 100 Å². The zero-order valence-electron chi connectivity index (χ0n) is 9.64. The van der Waals surface area contributed by atoms with Crippen LogP contribution in [0.1, 0.15) is 16.8 Å². The number of aromatic nitrogens is 1. The van der Waals surface area contributed by atoms with Crippen molar-refractivity contribution < 1.29 is 18.0 Å². The zero-order chi connectivity index (χ0) is 13.5. The van der Waals surface area contributed by atoms with Crippen LogP contribution in [0.15, 0.2) is 17.1 Å². The average molecular weight is 254 g/mol. The highest BCUT2D eigenvalue weighted by Crippen LogP contribution is 2.41. The van der Waals surface area contributed by atoms with Crippen molar-refractivity contribution in [3.8, 4) is 0 Å². The molecule has 0 amide bonds. The Hall–Kier alpha value is -2.07. The molecule has 6 heteroatoms. The van der Waals surface area contributed by atoms with E-state index in [1.165, 1.54) is 6.08 Å². The molecule has 2 rings (SSSR count). The maximum Gasteiger partial charge on any atom is 0.433 e. The number of H-pyrrole nitrogens is 1. The van der Waals surface area contributed by atoms with Crippen molar-refractivity contribution in [3.05, 3.63) is 29.0 Å². The van der Waals surface area contributed by atoms with E-state index in [4.69, 9.17) is 0 Å². The van der Waals surface area contributed by atoms with Gasteiger partial charge in [0.15, 0.2) is 0 Å². The second-order valence-electron chi connectivity index (χ2n) is 4.05. The summed E-state index contributed by atoms with van der Waals surface area (Å²) in [5.41, 5.74) is 0.383. The van der Waals surface area contributed by atoms with E-state index in [9.17, 15) is 18.0 Å².